The van der Waals surface area contributed by atoms with Crippen LogP contribution < -0.4 is 10.1 Å². The molecular weight excluding hydrogens is 294 g/mol. The van der Waals surface area contributed by atoms with Gasteiger partial charge in [-0.25, -0.2) is 4.79 Å². The first kappa shape index (κ1) is 14.8. The van der Waals surface area contributed by atoms with Gasteiger partial charge in [0.05, 0.1) is 0 Å². The predicted molar refractivity (Wildman–Crippen MR) is 83.8 cm³/mol. The molecule has 2 aromatic carbocycles. The number of aromatic nitrogens is 2. The lowest BCUT2D eigenvalue weighted by atomic mass is 10.1. The lowest BCUT2D eigenvalue weighted by molar-refractivity contribution is 0.198. The van der Waals surface area contributed by atoms with Crippen LogP contribution in [0.5, 0.6) is 5.75 Å². The largest absolute Gasteiger partial charge is 0.413 e. The van der Waals surface area contributed by atoms with Crippen LogP contribution in [0.15, 0.2) is 59.1 Å². The average Bonchev–Trinajstić information content (AvgIpc) is 3.04. The fourth-order valence-corrected chi connectivity index (χ4v) is 1.93. The van der Waals surface area contributed by atoms with Crippen molar-refractivity contribution in [2.24, 2.45) is 0 Å². The van der Waals surface area contributed by atoms with E-state index >= 15 is 0 Å². The molecule has 0 unspecified atom stereocenters. The molecule has 0 aliphatic heterocycles. The molecule has 0 saturated carbocycles. The van der Waals surface area contributed by atoms with Crippen LogP contribution in [-0.2, 0) is 6.54 Å². The van der Waals surface area contributed by atoms with Crippen LogP contribution in [-0.4, -0.2) is 16.2 Å². The van der Waals surface area contributed by atoms with Gasteiger partial charge >= 0.3 is 6.09 Å². The van der Waals surface area contributed by atoms with Crippen molar-refractivity contribution >= 4 is 6.09 Å². The first-order chi connectivity index (χ1) is 11.2. The molecule has 6 heteroatoms. The highest BCUT2D eigenvalue weighted by Crippen LogP contribution is 2.16. The molecule has 0 saturated heterocycles. The fourth-order valence-electron chi connectivity index (χ4n) is 1.93. The summed E-state index contributed by atoms with van der Waals surface area (Å²) in [6.45, 7) is 2.11. The lowest BCUT2D eigenvalue weighted by Crippen LogP contribution is -2.26. The Hall–Kier alpha value is -3.15. The number of aryl methyl sites for hydroxylation is 1. The van der Waals surface area contributed by atoms with Crippen LogP contribution in [0.1, 0.15) is 11.5 Å². The Morgan fingerprint density at radius 2 is 1.87 bits per heavy atom. The first-order valence-electron chi connectivity index (χ1n) is 7.11. The third-order valence-electron chi connectivity index (χ3n) is 3.12. The molecule has 0 spiro atoms. The second-order valence-electron chi connectivity index (χ2n) is 4.93. The van der Waals surface area contributed by atoms with Crippen LogP contribution >= 0.6 is 0 Å². The molecule has 0 aliphatic carbocycles. The molecule has 6 nitrogen and oxygen atoms in total. The zero-order valence-electron chi connectivity index (χ0n) is 12.5. The van der Waals surface area contributed by atoms with Crippen molar-refractivity contribution in [1.29, 1.82) is 0 Å². The molecule has 23 heavy (non-hydrogen) atoms. The van der Waals surface area contributed by atoms with E-state index in [2.05, 4.69) is 15.5 Å². The number of carbonyl (C=O) groups excluding carboxylic acids is 1. The molecule has 0 fully saturated rings. The predicted octanol–water partition coefficient (Wildman–Crippen LogP) is 3.33. The van der Waals surface area contributed by atoms with E-state index in [9.17, 15) is 4.79 Å². The van der Waals surface area contributed by atoms with Gasteiger partial charge in [0.25, 0.3) is 0 Å². The number of benzene rings is 2. The minimum absolute atomic E-state index is 0.102. The van der Waals surface area contributed by atoms with E-state index in [0.29, 0.717) is 17.5 Å². The molecule has 1 heterocycles. The van der Waals surface area contributed by atoms with Gasteiger partial charge in [0.15, 0.2) is 0 Å². The van der Waals surface area contributed by atoms with Gasteiger partial charge in [0, 0.05) is 5.56 Å². The van der Waals surface area contributed by atoms with Crippen molar-refractivity contribution in [2.45, 2.75) is 13.5 Å². The van der Waals surface area contributed by atoms with Crippen molar-refractivity contribution in [1.82, 2.24) is 15.5 Å². The van der Waals surface area contributed by atoms with Crippen LogP contribution in [0.2, 0.25) is 0 Å². The minimum atomic E-state index is -0.578. The van der Waals surface area contributed by atoms with Gasteiger partial charge in [-0.1, -0.05) is 53.2 Å². The summed E-state index contributed by atoms with van der Waals surface area (Å²) < 4.78 is 10.2. The van der Waals surface area contributed by atoms with E-state index in [4.69, 9.17) is 9.26 Å². The lowest BCUT2D eigenvalue weighted by Gasteiger charge is -2.03. The molecule has 0 bridgehead atoms. The maximum atomic E-state index is 11.7. The Balaban J connectivity index is 1.57. The van der Waals surface area contributed by atoms with E-state index in [0.717, 1.165) is 11.1 Å². The number of ether oxygens (including phenoxy) is 1. The highest BCUT2D eigenvalue weighted by molar-refractivity contribution is 5.70. The number of hydrogen-bond acceptors (Lipinski definition) is 5. The standard InChI is InChI=1S/C17H15N3O3/c1-12-7-9-13(10-8-12)16-19-15(23-20-16)11-18-17(21)22-14-5-3-2-4-6-14/h2-10H,11H2,1H3,(H,18,21). The third kappa shape index (κ3) is 3.94. The Labute approximate surface area is 133 Å². The Kier molecular flexibility index (Phi) is 4.33. The molecule has 1 N–H and O–H groups in total. The summed E-state index contributed by atoms with van der Waals surface area (Å²) in [6, 6.07) is 16.6. The van der Waals surface area contributed by atoms with Gasteiger partial charge in [-0.15, -0.1) is 0 Å². The molecule has 3 aromatic rings. The highest BCUT2D eigenvalue weighted by atomic mass is 16.6. The zero-order valence-corrected chi connectivity index (χ0v) is 12.5. The van der Waals surface area contributed by atoms with Crippen LogP contribution in [0, 0.1) is 6.92 Å². The van der Waals surface area contributed by atoms with Crippen LogP contribution in [0.25, 0.3) is 11.4 Å². The second kappa shape index (κ2) is 6.74. The molecule has 0 radical (unpaired) electrons. The van der Waals surface area contributed by atoms with E-state index in [1.165, 1.54) is 0 Å². The maximum Gasteiger partial charge on any atom is 0.413 e. The normalized spacial score (nSPS) is 10.3. The summed E-state index contributed by atoms with van der Waals surface area (Å²) in [5, 5.41) is 6.46. The third-order valence-corrected chi connectivity index (χ3v) is 3.12. The van der Waals surface area contributed by atoms with Gasteiger partial charge in [-0.2, -0.15) is 4.98 Å². The minimum Gasteiger partial charge on any atom is -0.410 e. The quantitative estimate of drug-likeness (QED) is 0.800. The number of nitrogens with one attached hydrogen (secondary N) is 1. The highest BCUT2D eigenvalue weighted by Gasteiger charge is 2.10. The van der Waals surface area contributed by atoms with Gasteiger partial charge in [-0.3, -0.25) is 0 Å². The molecule has 1 aromatic heterocycles. The molecular formula is C17H15N3O3. The summed E-state index contributed by atoms with van der Waals surface area (Å²) >= 11 is 0. The summed E-state index contributed by atoms with van der Waals surface area (Å²) in [4.78, 5) is 15.9. The Morgan fingerprint density at radius 1 is 1.13 bits per heavy atom. The summed E-state index contributed by atoms with van der Waals surface area (Å²) in [6.07, 6.45) is -0.578. The van der Waals surface area contributed by atoms with Gasteiger partial charge in [0.2, 0.25) is 11.7 Å². The number of nitrogens with zero attached hydrogens (tertiary/aromatic N) is 2. The number of hydrogen-bond donors (Lipinski definition) is 1. The number of para-hydroxylation sites is 1. The Bertz CT molecular complexity index is 782. The van der Waals surface area contributed by atoms with Crippen molar-refractivity contribution in [3.05, 3.63) is 66.1 Å². The number of carbonyl (C=O) groups is 1. The second-order valence-corrected chi connectivity index (χ2v) is 4.93. The van der Waals surface area contributed by atoms with Crippen molar-refractivity contribution in [2.75, 3.05) is 0 Å². The zero-order chi connectivity index (χ0) is 16.1. The topological polar surface area (TPSA) is 77.2 Å². The van der Waals surface area contributed by atoms with E-state index in [-0.39, 0.29) is 6.54 Å². The van der Waals surface area contributed by atoms with Crippen molar-refractivity contribution < 1.29 is 14.1 Å². The Morgan fingerprint density at radius 3 is 2.61 bits per heavy atom. The van der Waals surface area contributed by atoms with Crippen molar-refractivity contribution in [3.63, 3.8) is 0 Å². The van der Waals surface area contributed by atoms with E-state index in [1.54, 1.807) is 24.3 Å². The van der Waals surface area contributed by atoms with Gasteiger partial charge in [-0.05, 0) is 19.1 Å². The maximum absolute atomic E-state index is 11.7. The van der Waals surface area contributed by atoms with E-state index < -0.39 is 6.09 Å². The van der Waals surface area contributed by atoms with Crippen molar-refractivity contribution in [3.8, 4) is 17.1 Å². The first-order valence-corrected chi connectivity index (χ1v) is 7.11. The SMILES string of the molecule is Cc1ccc(-c2noc(CNC(=O)Oc3ccccc3)n2)cc1. The van der Waals surface area contributed by atoms with Gasteiger partial charge in [0.1, 0.15) is 12.3 Å². The van der Waals surface area contributed by atoms with E-state index in [1.807, 2.05) is 37.3 Å². The molecule has 0 aliphatic rings. The summed E-state index contributed by atoms with van der Waals surface area (Å²) in [5.41, 5.74) is 2.01. The molecule has 0 atom stereocenters. The summed E-state index contributed by atoms with van der Waals surface area (Å²) in [5.74, 6) is 1.26. The van der Waals surface area contributed by atoms with Gasteiger partial charge < -0.3 is 14.6 Å². The monoisotopic (exact) mass is 309 g/mol. The fraction of sp³-hybridized carbons (Fsp3) is 0.118. The van der Waals surface area contributed by atoms with Crippen LogP contribution in [0.3, 0.4) is 0 Å². The smallest absolute Gasteiger partial charge is 0.410 e. The molecule has 3 rings (SSSR count). The molecule has 1 amide bonds. The number of amides is 1. The summed E-state index contributed by atoms with van der Waals surface area (Å²) in [7, 11) is 0. The average molecular weight is 309 g/mol. The molecule has 116 valence electrons. The van der Waals surface area contributed by atoms with Crippen LogP contribution in [0.4, 0.5) is 4.79 Å². The number of rotatable bonds is 4.